The van der Waals surface area contributed by atoms with Crippen molar-refractivity contribution in [3.05, 3.63) is 0 Å². The number of carbonyl (C=O) groups excluding carboxylic acids is 1. The lowest BCUT2D eigenvalue weighted by molar-refractivity contribution is -0.154. The highest BCUT2D eigenvalue weighted by molar-refractivity contribution is 5.78. The Morgan fingerprint density at radius 3 is 2.79 bits per heavy atom. The molecular weight excluding hydrogens is 240 g/mol. The second-order valence-corrected chi connectivity index (χ2v) is 7.02. The second-order valence-electron chi connectivity index (χ2n) is 7.02. The van der Waals surface area contributed by atoms with E-state index in [1.54, 1.807) is 0 Å². The lowest BCUT2D eigenvalue weighted by atomic mass is 9.70. The quantitative estimate of drug-likeness (QED) is 0.705. The fourth-order valence-electron chi connectivity index (χ4n) is 5.10. The molecule has 4 heterocycles. The Hall–Kier alpha value is -0.610. The van der Waals surface area contributed by atoms with Crippen LogP contribution in [0.3, 0.4) is 0 Å². The fourth-order valence-corrected chi connectivity index (χ4v) is 5.10. The van der Waals surface area contributed by atoms with Crippen molar-refractivity contribution in [3.63, 3.8) is 0 Å². The number of hydrogen-bond acceptors (Lipinski definition) is 3. The van der Waals surface area contributed by atoms with E-state index in [1.165, 1.54) is 32.2 Å². The van der Waals surface area contributed by atoms with Gasteiger partial charge in [0, 0.05) is 25.2 Å². The predicted molar refractivity (Wildman–Crippen MR) is 71.6 cm³/mol. The van der Waals surface area contributed by atoms with E-state index < -0.39 is 6.10 Å². The molecule has 106 valence electrons. The van der Waals surface area contributed by atoms with E-state index in [2.05, 4.69) is 9.80 Å². The van der Waals surface area contributed by atoms with Gasteiger partial charge in [-0.1, -0.05) is 6.42 Å². The molecule has 0 saturated carbocycles. The molecule has 4 aliphatic heterocycles. The van der Waals surface area contributed by atoms with Crippen LogP contribution in [0.25, 0.3) is 0 Å². The molecule has 5 atom stereocenters. The number of fused-ring (bicyclic) bond motifs is 6. The Morgan fingerprint density at radius 2 is 1.89 bits per heavy atom. The van der Waals surface area contributed by atoms with Gasteiger partial charge < -0.3 is 10.0 Å². The van der Waals surface area contributed by atoms with Crippen LogP contribution in [0.15, 0.2) is 0 Å². The van der Waals surface area contributed by atoms with Crippen molar-refractivity contribution >= 4 is 5.91 Å². The van der Waals surface area contributed by atoms with Crippen LogP contribution in [0.5, 0.6) is 0 Å². The second kappa shape index (κ2) is 4.45. The maximum atomic E-state index is 12.2. The highest BCUT2D eigenvalue weighted by Gasteiger charge is 2.49. The van der Waals surface area contributed by atoms with E-state index in [0.29, 0.717) is 24.3 Å². The first kappa shape index (κ1) is 12.2. The summed E-state index contributed by atoms with van der Waals surface area (Å²) in [4.78, 5) is 17.0. The zero-order valence-electron chi connectivity index (χ0n) is 11.5. The van der Waals surface area contributed by atoms with Crippen molar-refractivity contribution in [3.8, 4) is 0 Å². The van der Waals surface area contributed by atoms with E-state index in [9.17, 15) is 9.90 Å². The smallest absolute Gasteiger partial charge is 0.225 e. The third-order valence-corrected chi connectivity index (χ3v) is 5.90. The minimum Gasteiger partial charge on any atom is -0.393 e. The number of nitrogens with zero attached hydrogens (tertiary/aromatic N) is 2. The molecule has 4 aliphatic rings. The van der Waals surface area contributed by atoms with Gasteiger partial charge in [0.1, 0.15) is 0 Å². The maximum Gasteiger partial charge on any atom is 0.225 e. The molecule has 4 heteroatoms. The van der Waals surface area contributed by atoms with Gasteiger partial charge in [-0.05, 0) is 44.1 Å². The van der Waals surface area contributed by atoms with Crippen LogP contribution in [0.4, 0.5) is 0 Å². The van der Waals surface area contributed by atoms with E-state index in [0.717, 1.165) is 25.6 Å². The molecule has 2 bridgehead atoms. The van der Waals surface area contributed by atoms with Crippen LogP contribution >= 0.6 is 0 Å². The number of piperidine rings is 4. The van der Waals surface area contributed by atoms with Gasteiger partial charge in [-0.3, -0.25) is 9.69 Å². The van der Waals surface area contributed by atoms with E-state index in [1.807, 2.05) is 0 Å². The molecule has 1 N–H and O–H groups in total. The molecular formula is C15H24N2O2. The first-order chi connectivity index (χ1) is 9.22. The van der Waals surface area contributed by atoms with Crippen LogP contribution < -0.4 is 0 Å². The van der Waals surface area contributed by atoms with Gasteiger partial charge in [-0.25, -0.2) is 0 Å². The standard InChI is InChI=1S/C15H24N2O2/c18-12-6-14-10-5-11(9-17(14)15(19)7-12)13-3-1-2-4-16(13)8-10/h10-14,18H,1-9H2/t10-,11-,12-,13-,14+/m0/s1. The monoisotopic (exact) mass is 264 g/mol. The average molecular weight is 264 g/mol. The Bertz CT molecular complexity index is 386. The van der Waals surface area contributed by atoms with Crippen LogP contribution in [0.2, 0.25) is 0 Å². The molecule has 4 fully saturated rings. The molecule has 19 heavy (non-hydrogen) atoms. The minimum absolute atomic E-state index is 0.197. The van der Waals surface area contributed by atoms with Crippen molar-refractivity contribution < 1.29 is 9.90 Å². The third-order valence-electron chi connectivity index (χ3n) is 5.90. The number of rotatable bonds is 0. The SMILES string of the molecule is O=C1C[C@@H](O)C[C@@H]2[C@H]3C[C@@H](CN12)[C@@H]1CCCCN1C3. The first-order valence-electron chi connectivity index (χ1n) is 7.94. The van der Waals surface area contributed by atoms with Gasteiger partial charge in [-0.15, -0.1) is 0 Å². The largest absolute Gasteiger partial charge is 0.393 e. The summed E-state index contributed by atoms with van der Waals surface area (Å²) in [5.41, 5.74) is 0. The molecule has 1 amide bonds. The van der Waals surface area contributed by atoms with Crippen molar-refractivity contribution in [2.45, 2.75) is 56.7 Å². The Balaban J connectivity index is 1.59. The number of hydrogen-bond donors (Lipinski definition) is 1. The van der Waals surface area contributed by atoms with Gasteiger partial charge in [0.15, 0.2) is 0 Å². The number of aliphatic hydroxyl groups excluding tert-OH is 1. The average Bonchev–Trinajstić information content (AvgIpc) is 2.40. The first-order valence-corrected chi connectivity index (χ1v) is 7.94. The molecule has 0 aliphatic carbocycles. The minimum atomic E-state index is -0.399. The van der Waals surface area contributed by atoms with E-state index in [4.69, 9.17) is 0 Å². The van der Waals surface area contributed by atoms with Crippen LogP contribution in [0, 0.1) is 11.8 Å². The third kappa shape index (κ3) is 1.91. The molecule has 0 spiro atoms. The lowest BCUT2D eigenvalue weighted by Crippen LogP contribution is -2.65. The summed E-state index contributed by atoms with van der Waals surface area (Å²) < 4.78 is 0. The van der Waals surface area contributed by atoms with Gasteiger partial charge >= 0.3 is 0 Å². The summed E-state index contributed by atoms with van der Waals surface area (Å²) in [5.74, 6) is 1.49. The van der Waals surface area contributed by atoms with Gasteiger partial charge in [-0.2, -0.15) is 0 Å². The topological polar surface area (TPSA) is 43.8 Å². The molecule has 4 nitrogen and oxygen atoms in total. The van der Waals surface area contributed by atoms with Crippen LogP contribution in [-0.2, 0) is 4.79 Å². The molecule has 0 aromatic heterocycles. The van der Waals surface area contributed by atoms with Crippen LogP contribution in [0.1, 0.15) is 38.5 Å². The summed E-state index contributed by atoms with van der Waals surface area (Å²) >= 11 is 0. The van der Waals surface area contributed by atoms with Crippen LogP contribution in [-0.4, -0.2) is 58.6 Å². The van der Waals surface area contributed by atoms with E-state index in [-0.39, 0.29) is 5.91 Å². The van der Waals surface area contributed by atoms with E-state index >= 15 is 0 Å². The molecule has 0 aromatic rings. The summed E-state index contributed by atoms with van der Waals surface area (Å²) in [6.07, 6.45) is 6.06. The molecule has 0 aromatic carbocycles. The summed E-state index contributed by atoms with van der Waals surface area (Å²) in [6, 6.07) is 1.04. The number of amides is 1. The van der Waals surface area contributed by atoms with Gasteiger partial charge in [0.05, 0.1) is 12.5 Å². The molecule has 4 rings (SSSR count). The summed E-state index contributed by atoms with van der Waals surface area (Å²) in [6.45, 7) is 3.36. The zero-order valence-corrected chi connectivity index (χ0v) is 11.5. The Labute approximate surface area is 114 Å². The zero-order chi connectivity index (χ0) is 13.0. The Morgan fingerprint density at radius 1 is 1.05 bits per heavy atom. The van der Waals surface area contributed by atoms with Crippen molar-refractivity contribution in [2.75, 3.05) is 19.6 Å². The summed E-state index contributed by atoms with van der Waals surface area (Å²) in [5, 5.41) is 9.89. The lowest BCUT2D eigenvalue weighted by Gasteiger charge is -2.57. The summed E-state index contributed by atoms with van der Waals surface area (Å²) in [7, 11) is 0. The molecule has 0 radical (unpaired) electrons. The highest BCUT2D eigenvalue weighted by Crippen LogP contribution is 2.42. The van der Waals surface area contributed by atoms with Gasteiger partial charge in [0.2, 0.25) is 5.91 Å². The predicted octanol–water partition coefficient (Wildman–Crippen LogP) is 0.843. The highest BCUT2D eigenvalue weighted by atomic mass is 16.3. The maximum absolute atomic E-state index is 12.2. The Kier molecular flexibility index (Phi) is 2.85. The van der Waals surface area contributed by atoms with Gasteiger partial charge in [0.25, 0.3) is 0 Å². The number of aliphatic hydroxyl groups is 1. The molecule has 0 unspecified atom stereocenters. The van der Waals surface area contributed by atoms with Crippen molar-refractivity contribution in [1.82, 2.24) is 9.80 Å². The molecule has 4 saturated heterocycles. The van der Waals surface area contributed by atoms with Crippen molar-refractivity contribution in [2.24, 2.45) is 11.8 Å². The normalized spacial score (nSPS) is 46.7. The van der Waals surface area contributed by atoms with Crippen molar-refractivity contribution in [1.29, 1.82) is 0 Å². The number of carbonyl (C=O) groups is 1. The fraction of sp³-hybridized carbons (Fsp3) is 0.933.